The third-order valence-corrected chi connectivity index (χ3v) is 3.98. The number of hydrogen-bond acceptors (Lipinski definition) is 4. The minimum Gasteiger partial charge on any atom is -0.292 e. The van der Waals surface area contributed by atoms with Crippen molar-refractivity contribution in [3.05, 3.63) is 55.6 Å². The van der Waals surface area contributed by atoms with Crippen LogP contribution in [0.5, 0.6) is 0 Å². The first kappa shape index (κ1) is 22.6. The summed E-state index contributed by atoms with van der Waals surface area (Å²) in [6.07, 6.45) is -9.75. The molecule has 0 fully saturated rings. The summed E-state index contributed by atoms with van der Waals surface area (Å²) in [6.45, 7) is 0.679. The number of nitrogens with zero attached hydrogens (tertiary/aromatic N) is 4. The average Bonchev–Trinajstić information content (AvgIpc) is 2.56. The highest BCUT2D eigenvalue weighted by Crippen LogP contribution is 2.32. The van der Waals surface area contributed by atoms with E-state index in [4.69, 9.17) is 11.6 Å². The Balaban J connectivity index is 2.69. The number of hydrogen-bond donors (Lipinski definition) is 0. The third-order valence-electron chi connectivity index (χ3n) is 3.68. The first-order chi connectivity index (χ1) is 13.1. The molecule has 2 aromatic rings. The molecule has 0 aliphatic carbocycles. The summed E-state index contributed by atoms with van der Waals surface area (Å²) in [5.41, 5.74) is -6.03. The van der Waals surface area contributed by atoms with E-state index in [1.807, 2.05) is 0 Å². The standard InChI is InChI=1S/C15H10ClF7N4O2/c1-6(14(18,19)20)24-25-9-4-10(8(17)3-7(9)16)27-12(28)5-11(15(21,22)23)26(2)13(27)29/h3-6H,1-2H3. The highest BCUT2D eigenvalue weighted by atomic mass is 35.5. The van der Waals surface area contributed by atoms with E-state index in [-0.39, 0.29) is 15.2 Å². The highest BCUT2D eigenvalue weighted by Gasteiger charge is 2.37. The summed E-state index contributed by atoms with van der Waals surface area (Å²) < 4.78 is 90.6. The maximum absolute atomic E-state index is 14.3. The second-order valence-corrected chi connectivity index (χ2v) is 6.14. The minimum absolute atomic E-state index is 0.0626. The maximum atomic E-state index is 14.3. The molecular formula is C15H10ClF7N4O2. The van der Waals surface area contributed by atoms with E-state index in [9.17, 15) is 40.3 Å². The Morgan fingerprint density at radius 2 is 1.66 bits per heavy atom. The molecule has 0 aliphatic heterocycles. The molecule has 0 aliphatic rings. The van der Waals surface area contributed by atoms with Gasteiger partial charge in [0.2, 0.25) is 0 Å². The van der Waals surface area contributed by atoms with Gasteiger partial charge in [0.1, 0.15) is 17.2 Å². The lowest BCUT2D eigenvalue weighted by atomic mass is 10.2. The van der Waals surface area contributed by atoms with Crippen molar-refractivity contribution in [1.29, 1.82) is 0 Å². The molecule has 0 saturated heterocycles. The van der Waals surface area contributed by atoms with Gasteiger partial charge in [-0.2, -0.15) is 36.6 Å². The molecule has 1 aromatic carbocycles. The van der Waals surface area contributed by atoms with Crippen LogP contribution in [0.2, 0.25) is 5.02 Å². The summed E-state index contributed by atoms with van der Waals surface area (Å²) in [5, 5.41) is 5.71. The molecule has 0 N–H and O–H groups in total. The third kappa shape index (κ3) is 4.66. The van der Waals surface area contributed by atoms with E-state index >= 15 is 0 Å². The summed E-state index contributed by atoms with van der Waals surface area (Å²) in [5.74, 6) is -1.29. The number of aromatic nitrogens is 2. The van der Waals surface area contributed by atoms with Crippen molar-refractivity contribution in [2.24, 2.45) is 17.3 Å². The molecule has 6 nitrogen and oxygen atoms in total. The minimum atomic E-state index is -5.03. The van der Waals surface area contributed by atoms with E-state index in [1.54, 1.807) is 0 Å². The van der Waals surface area contributed by atoms with Crippen LogP contribution in [-0.4, -0.2) is 21.4 Å². The zero-order valence-electron chi connectivity index (χ0n) is 14.4. The Labute approximate surface area is 161 Å². The molecule has 0 radical (unpaired) electrons. The molecule has 0 bridgehead atoms. The van der Waals surface area contributed by atoms with Gasteiger partial charge in [-0.25, -0.2) is 13.8 Å². The van der Waals surface area contributed by atoms with Crippen molar-refractivity contribution in [3.63, 3.8) is 0 Å². The molecule has 14 heteroatoms. The summed E-state index contributed by atoms with van der Waals surface area (Å²) in [6, 6.07) is -1.01. The quantitative estimate of drug-likeness (QED) is 0.518. The largest absolute Gasteiger partial charge is 0.431 e. The van der Waals surface area contributed by atoms with E-state index in [0.29, 0.717) is 26.1 Å². The number of rotatable bonds is 3. The SMILES string of the molecule is CC(N=Nc1cc(-n2c(=O)cc(C(F)(F)F)n(C)c2=O)c(F)cc1Cl)C(F)(F)F. The van der Waals surface area contributed by atoms with Crippen molar-refractivity contribution in [2.75, 3.05) is 0 Å². The first-order valence-electron chi connectivity index (χ1n) is 7.52. The van der Waals surface area contributed by atoms with Crippen LogP contribution in [0.15, 0.2) is 38.0 Å². The summed E-state index contributed by atoms with van der Waals surface area (Å²) in [7, 11) is 0.709. The smallest absolute Gasteiger partial charge is 0.292 e. The number of benzene rings is 1. The molecule has 0 saturated carbocycles. The van der Waals surface area contributed by atoms with Gasteiger partial charge in [-0.3, -0.25) is 9.36 Å². The van der Waals surface area contributed by atoms with Crippen LogP contribution in [0.4, 0.5) is 36.4 Å². The monoisotopic (exact) mass is 446 g/mol. The fraction of sp³-hybridized carbons (Fsp3) is 0.333. The van der Waals surface area contributed by atoms with Crippen LogP contribution in [0.25, 0.3) is 5.69 Å². The van der Waals surface area contributed by atoms with Gasteiger partial charge in [-0.1, -0.05) is 11.6 Å². The van der Waals surface area contributed by atoms with E-state index < -0.39 is 57.6 Å². The van der Waals surface area contributed by atoms with Crippen molar-refractivity contribution < 1.29 is 30.7 Å². The topological polar surface area (TPSA) is 68.7 Å². The molecular weight excluding hydrogens is 437 g/mol. The van der Waals surface area contributed by atoms with Crippen molar-refractivity contribution in [3.8, 4) is 5.69 Å². The average molecular weight is 447 g/mol. The molecule has 0 spiro atoms. The number of halogens is 8. The number of azo groups is 1. The second kappa shape index (κ2) is 7.61. The molecule has 1 aromatic heterocycles. The predicted molar refractivity (Wildman–Crippen MR) is 87.3 cm³/mol. The molecule has 158 valence electrons. The lowest BCUT2D eigenvalue weighted by Crippen LogP contribution is -2.41. The van der Waals surface area contributed by atoms with Gasteiger partial charge >= 0.3 is 18.0 Å². The molecule has 2 rings (SSSR count). The Morgan fingerprint density at radius 3 is 2.17 bits per heavy atom. The molecule has 29 heavy (non-hydrogen) atoms. The Kier molecular flexibility index (Phi) is 5.93. The maximum Gasteiger partial charge on any atom is 0.431 e. The van der Waals surface area contributed by atoms with Crippen LogP contribution in [-0.2, 0) is 13.2 Å². The molecule has 1 atom stereocenters. The van der Waals surface area contributed by atoms with Gasteiger partial charge < -0.3 is 0 Å². The van der Waals surface area contributed by atoms with E-state index in [1.165, 1.54) is 0 Å². The Morgan fingerprint density at radius 1 is 1.07 bits per heavy atom. The Bertz CT molecular complexity index is 1090. The van der Waals surface area contributed by atoms with Crippen LogP contribution < -0.4 is 11.2 Å². The van der Waals surface area contributed by atoms with Gasteiger partial charge in [0, 0.05) is 13.1 Å². The first-order valence-corrected chi connectivity index (χ1v) is 7.89. The highest BCUT2D eigenvalue weighted by molar-refractivity contribution is 6.33. The normalized spacial score (nSPS) is 13.9. The van der Waals surface area contributed by atoms with E-state index in [0.717, 1.165) is 0 Å². The predicted octanol–water partition coefficient (Wildman–Crippen LogP) is 4.38. The van der Waals surface area contributed by atoms with Gasteiger partial charge in [0.25, 0.3) is 5.56 Å². The lowest BCUT2D eigenvalue weighted by molar-refractivity contribution is -0.144. The van der Waals surface area contributed by atoms with E-state index in [2.05, 4.69) is 10.2 Å². The zero-order valence-corrected chi connectivity index (χ0v) is 15.2. The molecule has 0 amide bonds. The van der Waals surface area contributed by atoms with Crippen LogP contribution in [0.1, 0.15) is 12.6 Å². The second-order valence-electron chi connectivity index (χ2n) is 5.73. The molecule has 1 heterocycles. The fourth-order valence-electron chi connectivity index (χ4n) is 2.11. The van der Waals surface area contributed by atoms with Crippen molar-refractivity contribution in [1.82, 2.24) is 9.13 Å². The molecule has 1 unspecified atom stereocenters. The van der Waals surface area contributed by atoms with Gasteiger partial charge in [-0.15, -0.1) is 0 Å². The van der Waals surface area contributed by atoms with Crippen LogP contribution in [0, 0.1) is 5.82 Å². The van der Waals surface area contributed by atoms with Crippen LogP contribution >= 0.6 is 11.6 Å². The van der Waals surface area contributed by atoms with Crippen molar-refractivity contribution in [2.45, 2.75) is 25.3 Å². The van der Waals surface area contributed by atoms with Crippen LogP contribution in [0.3, 0.4) is 0 Å². The summed E-state index contributed by atoms with van der Waals surface area (Å²) in [4.78, 5) is 24.3. The fourth-order valence-corrected chi connectivity index (χ4v) is 2.30. The Hall–Kier alpha value is -2.70. The van der Waals surface area contributed by atoms with Gasteiger partial charge in [0.15, 0.2) is 6.04 Å². The number of alkyl halides is 6. The van der Waals surface area contributed by atoms with Gasteiger partial charge in [-0.05, 0) is 19.1 Å². The van der Waals surface area contributed by atoms with Gasteiger partial charge in [0.05, 0.1) is 10.7 Å². The summed E-state index contributed by atoms with van der Waals surface area (Å²) >= 11 is 5.69. The zero-order chi connectivity index (χ0) is 22.3. The van der Waals surface area contributed by atoms with Crippen molar-refractivity contribution >= 4 is 17.3 Å². The lowest BCUT2D eigenvalue weighted by Gasteiger charge is -2.14.